The minimum Gasteiger partial charge on any atom is -0.482 e. The maximum absolute atomic E-state index is 12.7. The summed E-state index contributed by atoms with van der Waals surface area (Å²) in [6.45, 7) is 1.46. The predicted molar refractivity (Wildman–Crippen MR) is 121 cm³/mol. The van der Waals surface area contributed by atoms with Crippen LogP contribution in [0.25, 0.3) is 0 Å². The second-order valence-electron chi connectivity index (χ2n) is 7.51. The molecule has 0 spiro atoms. The lowest BCUT2D eigenvalue weighted by molar-refractivity contribution is -0.123. The summed E-state index contributed by atoms with van der Waals surface area (Å²) in [6, 6.07) is 16.5. The van der Waals surface area contributed by atoms with Crippen molar-refractivity contribution >= 4 is 29.0 Å². The van der Waals surface area contributed by atoms with E-state index >= 15 is 0 Å². The van der Waals surface area contributed by atoms with E-state index in [0.717, 1.165) is 17.5 Å². The molecule has 0 bridgehead atoms. The van der Waals surface area contributed by atoms with Crippen molar-refractivity contribution in [2.45, 2.75) is 19.8 Å². The van der Waals surface area contributed by atoms with Crippen LogP contribution in [0, 0.1) is 0 Å². The van der Waals surface area contributed by atoms with Crippen LogP contribution < -0.4 is 15.0 Å². The van der Waals surface area contributed by atoms with Gasteiger partial charge in [-0.05, 0) is 60.0 Å². The Bertz CT molecular complexity index is 1140. The Hall–Kier alpha value is -4.00. The Kier molecular flexibility index (Phi) is 6.26. The van der Waals surface area contributed by atoms with Gasteiger partial charge in [-0.15, -0.1) is 0 Å². The van der Waals surface area contributed by atoms with Crippen LogP contribution in [0.1, 0.15) is 34.8 Å². The number of aromatic nitrogens is 1. The van der Waals surface area contributed by atoms with Gasteiger partial charge in [-0.2, -0.15) is 0 Å². The normalized spacial score (nSPS) is 12.7. The zero-order chi connectivity index (χ0) is 22.5. The van der Waals surface area contributed by atoms with E-state index in [4.69, 9.17) is 4.74 Å². The third-order valence-corrected chi connectivity index (χ3v) is 5.24. The molecule has 1 N–H and O–H groups in total. The number of nitrogens with one attached hydrogen (secondary N) is 1. The Morgan fingerprint density at radius 2 is 1.75 bits per heavy atom. The second-order valence-corrected chi connectivity index (χ2v) is 7.51. The van der Waals surface area contributed by atoms with Crippen LogP contribution in [-0.2, 0) is 16.0 Å². The number of hydrogen-bond acceptors (Lipinski definition) is 5. The van der Waals surface area contributed by atoms with Crippen molar-refractivity contribution in [2.75, 3.05) is 23.4 Å². The average Bonchev–Trinajstić information content (AvgIpc) is 2.82. The summed E-state index contributed by atoms with van der Waals surface area (Å²) in [5.74, 6) is -0.227. The molecule has 0 radical (unpaired) electrons. The molecular formula is C25H23N3O4. The lowest BCUT2D eigenvalue weighted by Crippen LogP contribution is -2.43. The van der Waals surface area contributed by atoms with E-state index in [1.54, 1.807) is 37.5 Å². The molecule has 0 unspecified atom stereocenters. The molecule has 32 heavy (non-hydrogen) atoms. The maximum Gasteiger partial charge on any atom is 0.265 e. The maximum atomic E-state index is 12.7. The zero-order valence-corrected chi connectivity index (χ0v) is 17.7. The van der Waals surface area contributed by atoms with E-state index in [-0.39, 0.29) is 30.7 Å². The van der Waals surface area contributed by atoms with Crippen molar-refractivity contribution in [2.24, 2.45) is 0 Å². The van der Waals surface area contributed by atoms with Gasteiger partial charge in [-0.1, -0.05) is 19.1 Å². The summed E-state index contributed by atoms with van der Waals surface area (Å²) in [5, 5.41) is 2.83. The van der Waals surface area contributed by atoms with E-state index in [9.17, 15) is 14.4 Å². The van der Waals surface area contributed by atoms with Gasteiger partial charge in [0.2, 0.25) is 5.91 Å². The van der Waals surface area contributed by atoms with Crippen molar-refractivity contribution < 1.29 is 19.1 Å². The zero-order valence-electron chi connectivity index (χ0n) is 17.7. The quantitative estimate of drug-likeness (QED) is 0.580. The minimum absolute atomic E-state index is 0.0397. The number of carbonyl (C=O) groups is 3. The monoisotopic (exact) mass is 429 g/mol. The molecule has 2 amide bonds. The molecule has 1 aliphatic heterocycles. The molecule has 0 saturated heterocycles. The fraction of sp³-hybridized carbons (Fsp3) is 0.200. The Balaban J connectivity index is 1.44. The number of fused-ring (bicyclic) bond motifs is 1. The molecule has 3 aromatic rings. The van der Waals surface area contributed by atoms with E-state index < -0.39 is 0 Å². The molecule has 7 heteroatoms. The first-order chi connectivity index (χ1) is 15.5. The molecular weight excluding hydrogens is 406 g/mol. The molecule has 7 nitrogen and oxygen atoms in total. The molecule has 0 aliphatic carbocycles. The highest BCUT2D eigenvalue weighted by Crippen LogP contribution is 2.33. The summed E-state index contributed by atoms with van der Waals surface area (Å²) >= 11 is 0. The van der Waals surface area contributed by atoms with Crippen LogP contribution in [0.5, 0.6) is 5.75 Å². The van der Waals surface area contributed by atoms with Gasteiger partial charge in [0.1, 0.15) is 12.3 Å². The molecule has 2 heterocycles. The first kappa shape index (κ1) is 21.2. The van der Waals surface area contributed by atoms with Crippen molar-refractivity contribution in [3.63, 3.8) is 0 Å². The number of hydrogen-bond donors (Lipinski definition) is 1. The largest absolute Gasteiger partial charge is 0.482 e. The van der Waals surface area contributed by atoms with Gasteiger partial charge in [-0.3, -0.25) is 24.3 Å². The van der Waals surface area contributed by atoms with Crippen molar-refractivity contribution in [3.8, 4) is 5.75 Å². The summed E-state index contributed by atoms with van der Waals surface area (Å²) in [6.07, 6.45) is 4.64. The lowest BCUT2D eigenvalue weighted by atomic mass is 10.1. The number of Topliss-reactive ketones (excluding diaryl/α,β-unsaturated/α-hetero) is 1. The van der Waals surface area contributed by atoms with Crippen molar-refractivity contribution in [1.29, 1.82) is 0 Å². The highest BCUT2D eigenvalue weighted by molar-refractivity contribution is 6.06. The number of amides is 2. The highest BCUT2D eigenvalue weighted by atomic mass is 16.5. The van der Waals surface area contributed by atoms with Crippen LogP contribution in [0.15, 0.2) is 67.0 Å². The number of benzene rings is 2. The van der Waals surface area contributed by atoms with Crippen LogP contribution >= 0.6 is 0 Å². The predicted octanol–water partition coefficient (Wildman–Crippen LogP) is 3.63. The van der Waals surface area contributed by atoms with Crippen molar-refractivity contribution in [3.05, 3.63) is 83.7 Å². The van der Waals surface area contributed by atoms with Gasteiger partial charge in [-0.25, -0.2) is 0 Å². The van der Waals surface area contributed by atoms with Gasteiger partial charge >= 0.3 is 0 Å². The summed E-state index contributed by atoms with van der Waals surface area (Å²) in [5.41, 5.74) is 3.83. The Labute approximate surface area is 186 Å². The first-order valence-corrected chi connectivity index (χ1v) is 10.4. The van der Waals surface area contributed by atoms with Crippen LogP contribution in [0.3, 0.4) is 0 Å². The van der Waals surface area contributed by atoms with E-state index in [2.05, 4.69) is 10.3 Å². The third kappa shape index (κ3) is 4.83. The lowest BCUT2D eigenvalue weighted by Gasteiger charge is -2.29. The van der Waals surface area contributed by atoms with Gasteiger partial charge in [0.15, 0.2) is 12.4 Å². The van der Waals surface area contributed by atoms with E-state index in [1.807, 2.05) is 36.4 Å². The summed E-state index contributed by atoms with van der Waals surface area (Å²) < 4.78 is 5.46. The smallest absolute Gasteiger partial charge is 0.265 e. The SMILES string of the molecule is CCC(=O)c1ccc2c(c1)N(CC(=O)Nc1ccc(Cc3ccncc3)cc1)C(=O)CO2. The molecule has 162 valence electrons. The number of rotatable bonds is 7. The number of nitrogens with zero attached hydrogens (tertiary/aromatic N) is 2. The number of ether oxygens (including phenoxy) is 1. The Morgan fingerprint density at radius 3 is 2.47 bits per heavy atom. The minimum atomic E-state index is -0.333. The average molecular weight is 429 g/mol. The topological polar surface area (TPSA) is 88.6 Å². The molecule has 1 aromatic heterocycles. The van der Waals surface area contributed by atoms with E-state index in [0.29, 0.717) is 29.1 Å². The Morgan fingerprint density at radius 1 is 1.03 bits per heavy atom. The molecule has 0 fully saturated rings. The summed E-state index contributed by atoms with van der Waals surface area (Å²) in [7, 11) is 0. The molecule has 0 saturated carbocycles. The first-order valence-electron chi connectivity index (χ1n) is 10.4. The fourth-order valence-corrected chi connectivity index (χ4v) is 3.54. The van der Waals surface area contributed by atoms with Gasteiger partial charge in [0.25, 0.3) is 5.91 Å². The van der Waals surface area contributed by atoms with Gasteiger partial charge in [0.05, 0.1) is 5.69 Å². The van der Waals surface area contributed by atoms with E-state index in [1.165, 1.54) is 4.90 Å². The number of pyridine rings is 1. The van der Waals surface area contributed by atoms with Gasteiger partial charge in [0, 0.05) is 30.1 Å². The van der Waals surface area contributed by atoms with Crippen LogP contribution in [0.2, 0.25) is 0 Å². The van der Waals surface area contributed by atoms with Crippen LogP contribution in [-0.4, -0.2) is 35.7 Å². The standard InChI is InChI=1S/C25H23N3O4/c1-2-22(29)19-5-8-23-21(14-19)28(25(31)16-32-23)15-24(30)27-20-6-3-17(4-7-20)13-18-9-11-26-12-10-18/h3-12,14H,2,13,15-16H2,1H3,(H,27,30). The highest BCUT2D eigenvalue weighted by Gasteiger charge is 2.28. The number of ketones is 1. The molecule has 2 aromatic carbocycles. The summed E-state index contributed by atoms with van der Waals surface area (Å²) in [4.78, 5) is 42.6. The number of anilines is 2. The van der Waals surface area contributed by atoms with Crippen LogP contribution in [0.4, 0.5) is 11.4 Å². The second kappa shape index (κ2) is 9.43. The third-order valence-electron chi connectivity index (χ3n) is 5.24. The number of carbonyl (C=O) groups excluding carboxylic acids is 3. The molecule has 1 aliphatic rings. The van der Waals surface area contributed by atoms with Gasteiger partial charge < -0.3 is 10.1 Å². The molecule has 0 atom stereocenters. The fourth-order valence-electron chi connectivity index (χ4n) is 3.54. The molecule has 4 rings (SSSR count). The van der Waals surface area contributed by atoms with Crippen molar-refractivity contribution in [1.82, 2.24) is 4.98 Å².